The third-order valence-corrected chi connectivity index (χ3v) is 5.21. The first kappa shape index (κ1) is 18.1. The molecule has 3 heteroatoms. The number of nitrogens with zero attached hydrogens (tertiary/aromatic N) is 1. The molecule has 0 amide bonds. The van der Waals surface area contributed by atoms with Gasteiger partial charge < -0.3 is 4.90 Å². The van der Waals surface area contributed by atoms with Crippen molar-refractivity contribution in [3.8, 4) is 0 Å². The topological polar surface area (TPSA) is 20.3 Å². The fourth-order valence-corrected chi connectivity index (χ4v) is 3.59. The van der Waals surface area contributed by atoms with Crippen molar-refractivity contribution in [1.82, 2.24) is 4.90 Å². The number of carbonyl (C=O) groups excluding carboxylic acids is 1. The lowest BCUT2D eigenvalue weighted by molar-refractivity contribution is 0.0834. The summed E-state index contributed by atoms with van der Waals surface area (Å²) in [6.07, 6.45) is 7.01. The monoisotopic (exact) mass is 319 g/mol. The van der Waals surface area contributed by atoms with Gasteiger partial charge in [-0.2, -0.15) is 0 Å². The van der Waals surface area contributed by atoms with Gasteiger partial charge in [0.1, 0.15) is 5.82 Å². The summed E-state index contributed by atoms with van der Waals surface area (Å²) < 4.78 is 13.0. The molecule has 1 aromatic rings. The Bertz CT molecular complexity index is 477. The Morgan fingerprint density at radius 2 is 1.83 bits per heavy atom. The van der Waals surface area contributed by atoms with Crippen LogP contribution in [0.5, 0.6) is 0 Å². The van der Waals surface area contributed by atoms with E-state index in [4.69, 9.17) is 0 Å². The minimum Gasteiger partial charge on any atom is -0.303 e. The van der Waals surface area contributed by atoms with Gasteiger partial charge in [0.25, 0.3) is 0 Å². The standard InChI is InChI=1S/C20H30FNO/c1-3-5-16(4-2)10-13-22-14-11-18(12-15-22)20(23)17-6-8-19(21)9-7-17/h6-9,16,18H,3-5,10-15H2,1-2H3. The number of carbonyl (C=O) groups is 1. The van der Waals surface area contributed by atoms with E-state index in [1.807, 2.05) is 0 Å². The molecular weight excluding hydrogens is 289 g/mol. The lowest BCUT2D eigenvalue weighted by Gasteiger charge is -2.32. The Labute approximate surface area is 140 Å². The van der Waals surface area contributed by atoms with Gasteiger partial charge >= 0.3 is 0 Å². The Balaban J connectivity index is 1.77. The van der Waals surface area contributed by atoms with E-state index >= 15 is 0 Å². The number of benzene rings is 1. The van der Waals surface area contributed by atoms with Crippen LogP contribution in [0, 0.1) is 17.7 Å². The predicted octanol–water partition coefficient (Wildman–Crippen LogP) is 4.94. The highest BCUT2D eigenvalue weighted by molar-refractivity contribution is 5.97. The first-order valence-electron chi connectivity index (χ1n) is 9.16. The summed E-state index contributed by atoms with van der Waals surface area (Å²) in [5.74, 6) is 0.851. The molecular formula is C20H30FNO. The van der Waals surface area contributed by atoms with Gasteiger partial charge in [-0.3, -0.25) is 4.79 Å². The highest BCUT2D eigenvalue weighted by Crippen LogP contribution is 2.23. The quantitative estimate of drug-likeness (QED) is 0.633. The van der Waals surface area contributed by atoms with Crippen molar-refractivity contribution in [3.63, 3.8) is 0 Å². The van der Waals surface area contributed by atoms with Crippen LogP contribution in [0.3, 0.4) is 0 Å². The molecule has 0 aromatic heterocycles. The molecule has 0 N–H and O–H groups in total. The predicted molar refractivity (Wildman–Crippen MR) is 93.2 cm³/mol. The van der Waals surface area contributed by atoms with E-state index < -0.39 is 0 Å². The van der Waals surface area contributed by atoms with E-state index in [0.29, 0.717) is 5.56 Å². The van der Waals surface area contributed by atoms with Crippen LogP contribution in [-0.2, 0) is 0 Å². The number of hydrogen-bond acceptors (Lipinski definition) is 2. The minimum atomic E-state index is -0.283. The van der Waals surface area contributed by atoms with Crippen LogP contribution in [-0.4, -0.2) is 30.3 Å². The molecule has 0 bridgehead atoms. The number of ketones is 1. The maximum atomic E-state index is 13.0. The van der Waals surface area contributed by atoms with Crippen LogP contribution in [0.25, 0.3) is 0 Å². The Hall–Kier alpha value is -1.22. The third-order valence-electron chi connectivity index (χ3n) is 5.21. The van der Waals surface area contributed by atoms with Crippen molar-refractivity contribution in [2.75, 3.05) is 19.6 Å². The molecule has 1 aliphatic heterocycles. The van der Waals surface area contributed by atoms with Crippen molar-refractivity contribution in [1.29, 1.82) is 0 Å². The fraction of sp³-hybridized carbons (Fsp3) is 0.650. The highest BCUT2D eigenvalue weighted by Gasteiger charge is 2.25. The number of likely N-dealkylation sites (tertiary alicyclic amines) is 1. The molecule has 1 unspecified atom stereocenters. The summed E-state index contributed by atoms with van der Waals surface area (Å²) in [5, 5.41) is 0. The second-order valence-electron chi connectivity index (χ2n) is 6.84. The molecule has 1 heterocycles. The zero-order valence-electron chi connectivity index (χ0n) is 14.6. The molecule has 0 aliphatic carbocycles. The van der Waals surface area contributed by atoms with Crippen molar-refractivity contribution in [2.24, 2.45) is 11.8 Å². The number of rotatable bonds is 8. The molecule has 0 spiro atoms. The van der Waals surface area contributed by atoms with Gasteiger partial charge in [0, 0.05) is 11.5 Å². The smallest absolute Gasteiger partial charge is 0.166 e. The zero-order chi connectivity index (χ0) is 16.7. The largest absolute Gasteiger partial charge is 0.303 e. The summed E-state index contributed by atoms with van der Waals surface area (Å²) in [5.41, 5.74) is 0.652. The number of piperidine rings is 1. The molecule has 0 radical (unpaired) electrons. The van der Waals surface area contributed by atoms with Crippen molar-refractivity contribution >= 4 is 5.78 Å². The average molecular weight is 319 g/mol. The minimum absolute atomic E-state index is 0.106. The Morgan fingerprint density at radius 1 is 1.17 bits per heavy atom. The van der Waals surface area contributed by atoms with E-state index in [1.165, 1.54) is 37.8 Å². The van der Waals surface area contributed by atoms with E-state index in [2.05, 4.69) is 18.7 Å². The lowest BCUT2D eigenvalue weighted by Crippen LogP contribution is -2.37. The maximum Gasteiger partial charge on any atom is 0.166 e. The van der Waals surface area contributed by atoms with Crippen molar-refractivity contribution in [2.45, 2.75) is 52.4 Å². The van der Waals surface area contributed by atoms with Crippen LogP contribution >= 0.6 is 0 Å². The molecule has 1 atom stereocenters. The number of halogens is 1. The molecule has 1 fully saturated rings. The molecule has 128 valence electrons. The maximum absolute atomic E-state index is 13.0. The zero-order valence-corrected chi connectivity index (χ0v) is 14.6. The van der Waals surface area contributed by atoms with Gasteiger partial charge in [-0.25, -0.2) is 4.39 Å². The molecule has 0 saturated carbocycles. The van der Waals surface area contributed by atoms with Gasteiger partial charge in [-0.15, -0.1) is 0 Å². The summed E-state index contributed by atoms with van der Waals surface area (Å²) >= 11 is 0. The second-order valence-corrected chi connectivity index (χ2v) is 6.84. The number of hydrogen-bond donors (Lipinski definition) is 0. The van der Waals surface area contributed by atoms with Crippen LogP contribution in [0.4, 0.5) is 4.39 Å². The van der Waals surface area contributed by atoms with Crippen LogP contribution < -0.4 is 0 Å². The van der Waals surface area contributed by atoms with Crippen LogP contribution in [0.2, 0.25) is 0 Å². The van der Waals surface area contributed by atoms with E-state index in [0.717, 1.165) is 38.4 Å². The summed E-state index contributed by atoms with van der Waals surface area (Å²) in [6.45, 7) is 7.74. The molecule has 1 aromatic carbocycles. The summed E-state index contributed by atoms with van der Waals surface area (Å²) in [4.78, 5) is 15.0. The van der Waals surface area contributed by atoms with Crippen LogP contribution in [0.15, 0.2) is 24.3 Å². The molecule has 2 rings (SSSR count). The molecule has 23 heavy (non-hydrogen) atoms. The van der Waals surface area contributed by atoms with Gasteiger partial charge in [0.05, 0.1) is 0 Å². The van der Waals surface area contributed by atoms with Gasteiger partial charge in [-0.05, 0) is 69.1 Å². The summed E-state index contributed by atoms with van der Waals surface area (Å²) in [6, 6.07) is 5.98. The highest BCUT2D eigenvalue weighted by atomic mass is 19.1. The SMILES string of the molecule is CCCC(CC)CCN1CCC(C(=O)c2ccc(F)cc2)CC1. The van der Waals surface area contributed by atoms with E-state index in [9.17, 15) is 9.18 Å². The van der Waals surface area contributed by atoms with Crippen LogP contribution in [0.1, 0.15) is 62.7 Å². The summed E-state index contributed by atoms with van der Waals surface area (Å²) in [7, 11) is 0. The Morgan fingerprint density at radius 3 is 2.39 bits per heavy atom. The third kappa shape index (κ3) is 5.42. The first-order valence-corrected chi connectivity index (χ1v) is 9.16. The second kappa shape index (κ2) is 9.17. The molecule has 1 saturated heterocycles. The lowest BCUT2D eigenvalue weighted by atomic mass is 9.88. The van der Waals surface area contributed by atoms with E-state index in [-0.39, 0.29) is 17.5 Å². The first-order chi connectivity index (χ1) is 11.1. The van der Waals surface area contributed by atoms with Crippen molar-refractivity contribution < 1.29 is 9.18 Å². The average Bonchev–Trinajstić information content (AvgIpc) is 2.59. The van der Waals surface area contributed by atoms with Gasteiger partial charge in [0.2, 0.25) is 0 Å². The molecule has 2 nitrogen and oxygen atoms in total. The fourth-order valence-electron chi connectivity index (χ4n) is 3.59. The normalized spacial score (nSPS) is 18.0. The van der Waals surface area contributed by atoms with Crippen molar-refractivity contribution in [3.05, 3.63) is 35.6 Å². The van der Waals surface area contributed by atoms with Gasteiger partial charge in [-0.1, -0.05) is 33.1 Å². The van der Waals surface area contributed by atoms with Gasteiger partial charge in [0.15, 0.2) is 5.78 Å². The van der Waals surface area contributed by atoms with E-state index in [1.54, 1.807) is 12.1 Å². The Kier molecular flexibility index (Phi) is 7.22. The number of Topliss-reactive ketones (excluding diaryl/α,β-unsaturated/α-hetero) is 1. The molecule has 1 aliphatic rings.